The van der Waals surface area contributed by atoms with Crippen molar-refractivity contribution in [1.29, 1.82) is 0 Å². The molecule has 1 heterocycles. The van der Waals surface area contributed by atoms with Crippen molar-refractivity contribution in [3.8, 4) is 0 Å². The molecule has 0 aromatic heterocycles. The second kappa shape index (κ2) is 6.17. The van der Waals surface area contributed by atoms with Gasteiger partial charge in [-0.15, -0.1) is 0 Å². The summed E-state index contributed by atoms with van der Waals surface area (Å²) < 4.78 is 0. The van der Waals surface area contributed by atoms with Gasteiger partial charge in [-0.3, -0.25) is 4.90 Å². The van der Waals surface area contributed by atoms with E-state index >= 15 is 0 Å². The average Bonchev–Trinajstić information content (AvgIpc) is 2.76. The molecule has 0 aromatic carbocycles. The molecule has 1 aliphatic heterocycles. The summed E-state index contributed by atoms with van der Waals surface area (Å²) in [6.07, 6.45) is 7.10. The van der Waals surface area contributed by atoms with E-state index < -0.39 is 0 Å². The first-order chi connectivity index (χ1) is 8.22. The van der Waals surface area contributed by atoms with Gasteiger partial charge < -0.3 is 10.2 Å². The van der Waals surface area contributed by atoms with Crippen LogP contribution >= 0.6 is 0 Å². The lowest BCUT2D eigenvalue weighted by Crippen LogP contribution is -2.48. The first-order valence-corrected chi connectivity index (χ1v) is 7.25. The number of aliphatic hydroxyl groups excluding tert-OH is 2. The number of hydrogen-bond acceptors (Lipinski definition) is 3. The van der Waals surface area contributed by atoms with Crippen LogP contribution in [-0.2, 0) is 0 Å². The second-order valence-electron chi connectivity index (χ2n) is 6.01. The quantitative estimate of drug-likeness (QED) is 0.786. The standard InChI is InChI=1S/C14H27NO2/c1-11(10-16)9-15-8-3-2-6-13(15)12-5-4-7-14(12)17/h11-14,16-17H,2-10H2,1H3. The molecule has 0 amide bonds. The van der Waals surface area contributed by atoms with Gasteiger partial charge in [0.05, 0.1) is 6.10 Å². The fourth-order valence-electron chi connectivity index (χ4n) is 3.60. The van der Waals surface area contributed by atoms with Gasteiger partial charge in [-0.05, 0) is 38.1 Å². The summed E-state index contributed by atoms with van der Waals surface area (Å²) in [6, 6.07) is 0.565. The second-order valence-corrected chi connectivity index (χ2v) is 6.01. The van der Waals surface area contributed by atoms with Gasteiger partial charge in [0.25, 0.3) is 0 Å². The first-order valence-electron chi connectivity index (χ1n) is 7.25. The predicted molar refractivity (Wildman–Crippen MR) is 68.8 cm³/mol. The highest BCUT2D eigenvalue weighted by Gasteiger charge is 2.36. The van der Waals surface area contributed by atoms with Crippen molar-refractivity contribution in [2.45, 2.75) is 57.6 Å². The predicted octanol–water partition coefficient (Wildman–Crippen LogP) is 1.63. The molecule has 17 heavy (non-hydrogen) atoms. The van der Waals surface area contributed by atoms with Crippen molar-refractivity contribution < 1.29 is 10.2 Å². The van der Waals surface area contributed by atoms with Gasteiger partial charge in [-0.1, -0.05) is 19.8 Å². The van der Waals surface area contributed by atoms with Crippen LogP contribution < -0.4 is 0 Å². The molecule has 0 radical (unpaired) electrons. The normalized spacial score (nSPS) is 37.2. The summed E-state index contributed by atoms with van der Waals surface area (Å²) in [6.45, 7) is 4.52. The van der Waals surface area contributed by atoms with Crippen molar-refractivity contribution in [3.63, 3.8) is 0 Å². The van der Waals surface area contributed by atoms with Crippen LogP contribution in [0.3, 0.4) is 0 Å². The zero-order chi connectivity index (χ0) is 12.3. The summed E-state index contributed by atoms with van der Waals surface area (Å²) in [5.41, 5.74) is 0. The van der Waals surface area contributed by atoms with E-state index in [4.69, 9.17) is 0 Å². The largest absolute Gasteiger partial charge is 0.396 e. The number of nitrogens with zero attached hydrogens (tertiary/aromatic N) is 1. The lowest BCUT2D eigenvalue weighted by Gasteiger charge is -2.41. The Morgan fingerprint density at radius 1 is 1.18 bits per heavy atom. The van der Waals surface area contributed by atoms with E-state index in [-0.39, 0.29) is 12.7 Å². The molecule has 0 spiro atoms. The Bertz CT molecular complexity index is 234. The average molecular weight is 241 g/mol. The van der Waals surface area contributed by atoms with Crippen LogP contribution in [-0.4, -0.2) is 47.0 Å². The van der Waals surface area contributed by atoms with Crippen LogP contribution in [0.4, 0.5) is 0 Å². The monoisotopic (exact) mass is 241 g/mol. The highest BCUT2D eigenvalue weighted by atomic mass is 16.3. The maximum absolute atomic E-state index is 10.1. The highest BCUT2D eigenvalue weighted by Crippen LogP contribution is 2.35. The molecule has 0 bridgehead atoms. The fourth-order valence-corrected chi connectivity index (χ4v) is 3.60. The molecule has 1 saturated heterocycles. The van der Waals surface area contributed by atoms with Crippen molar-refractivity contribution in [3.05, 3.63) is 0 Å². The van der Waals surface area contributed by atoms with Crippen LogP contribution in [0, 0.1) is 11.8 Å². The third kappa shape index (κ3) is 3.21. The Balaban J connectivity index is 1.96. The molecule has 3 heteroatoms. The molecular formula is C14H27NO2. The van der Waals surface area contributed by atoms with E-state index in [1.165, 1.54) is 32.1 Å². The number of piperidine rings is 1. The number of aliphatic hydroxyl groups is 2. The van der Waals surface area contributed by atoms with E-state index in [1.807, 2.05) is 0 Å². The van der Waals surface area contributed by atoms with E-state index in [0.717, 1.165) is 19.5 Å². The minimum absolute atomic E-state index is 0.0787. The lowest BCUT2D eigenvalue weighted by molar-refractivity contribution is 0.0238. The Morgan fingerprint density at radius 3 is 2.65 bits per heavy atom. The molecule has 2 N–H and O–H groups in total. The summed E-state index contributed by atoms with van der Waals surface area (Å²) in [7, 11) is 0. The molecule has 2 rings (SSSR count). The maximum atomic E-state index is 10.1. The third-order valence-corrected chi connectivity index (χ3v) is 4.55. The topological polar surface area (TPSA) is 43.7 Å². The SMILES string of the molecule is CC(CO)CN1CCCCC1C1CCCC1O. The van der Waals surface area contributed by atoms with Crippen molar-refractivity contribution in [1.82, 2.24) is 4.90 Å². The minimum atomic E-state index is -0.0787. The summed E-state index contributed by atoms with van der Waals surface area (Å²) in [5, 5.41) is 19.3. The van der Waals surface area contributed by atoms with Gasteiger partial charge in [0, 0.05) is 25.1 Å². The zero-order valence-corrected chi connectivity index (χ0v) is 11.0. The summed E-state index contributed by atoms with van der Waals surface area (Å²) in [4.78, 5) is 2.53. The molecule has 2 aliphatic rings. The van der Waals surface area contributed by atoms with Gasteiger partial charge in [0.2, 0.25) is 0 Å². The number of likely N-dealkylation sites (tertiary alicyclic amines) is 1. The van der Waals surface area contributed by atoms with Gasteiger partial charge in [0.15, 0.2) is 0 Å². The van der Waals surface area contributed by atoms with Crippen LogP contribution in [0.25, 0.3) is 0 Å². The fraction of sp³-hybridized carbons (Fsp3) is 1.00. The van der Waals surface area contributed by atoms with Crippen LogP contribution in [0.15, 0.2) is 0 Å². The molecular weight excluding hydrogens is 214 g/mol. The van der Waals surface area contributed by atoms with Gasteiger partial charge >= 0.3 is 0 Å². The summed E-state index contributed by atoms with van der Waals surface area (Å²) in [5.74, 6) is 0.843. The van der Waals surface area contributed by atoms with Crippen molar-refractivity contribution in [2.24, 2.45) is 11.8 Å². The Labute approximate surface area is 105 Å². The smallest absolute Gasteiger partial charge is 0.0583 e. The lowest BCUT2D eigenvalue weighted by atomic mass is 9.87. The molecule has 4 atom stereocenters. The van der Waals surface area contributed by atoms with Gasteiger partial charge in [-0.2, -0.15) is 0 Å². The Morgan fingerprint density at radius 2 is 2.00 bits per heavy atom. The van der Waals surface area contributed by atoms with Crippen LogP contribution in [0.2, 0.25) is 0 Å². The summed E-state index contributed by atoms with van der Waals surface area (Å²) >= 11 is 0. The molecule has 2 fully saturated rings. The number of rotatable bonds is 4. The third-order valence-electron chi connectivity index (χ3n) is 4.55. The van der Waals surface area contributed by atoms with Gasteiger partial charge in [0.1, 0.15) is 0 Å². The first kappa shape index (κ1) is 13.3. The molecule has 3 nitrogen and oxygen atoms in total. The Hall–Kier alpha value is -0.120. The molecule has 1 saturated carbocycles. The van der Waals surface area contributed by atoms with Crippen molar-refractivity contribution in [2.75, 3.05) is 19.7 Å². The zero-order valence-electron chi connectivity index (χ0n) is 11.0. The number of hydrogen-bond donors (Lipinski definition) is 2. The van der Waals surface area contributed by atoms with Crippen LogP contribution in [0.5, 0.6) is 0 Å². The molecule has 1 aliphatic carbocycles. The van der Waals surface area contributed by atoms with E-state index in [0.29, 0.717) is 17.9 Å². The molecule has 0 aromatic rings. The van der Waals surface area contributed by atoms with Crippen LogP contribution in [0.1, 0.15) is 45.4 Å². The molecule has 100 valence electrons. The van der Waals surface area contributed by atoms with Crippen molar-refractivity contribution >= 4 is 0 Å². The van der Waals surface area contributed by atoms with Gasteiger partial charge in [-0.25, -0.2) is 0 Å². The van der Waals surface area contributed by atoms with E-state index in [1.54, 1.807) is 0 Å². The minimum Gasteiger partial charge on any atom is -0.396 e. The van der Waals surface area contributed by atoms with E-state index in [9.17, 15) is 10.2 Å². The molecule has 4 unspecified atom stereocenters. The maximum Gasteiger partial charge on any atom is 0.0583 e. The highest BCUT2D eigenvalue weighted by molar-refractivity contribution is 4.90. The Kier molecular flexibility index (Phi) is 4.83. The van der Waals surface area contributed by atoms with E-state index in [2.05, 4.69) is 11.8 Å².